The minimum Gasteiger partial charge on any atom is -0.392 e. The van der Waals surface area contributed by atoms with Crippen molar-refractivity contribution in [2.24, 2.45) is 5.92 Å². The number of pyridine rings is 1. The van der Waals surface area contributed by atoms with Crippen molar-refractivity contribution in [3.05, 3.63) is 23.9 Å². The van der Waals surface area contributed by atoms with Gasteiger partial charge in [-0.15, -0.1) is 0 Å². The van der Waals surface area contributed by atoms with Gasteiger partial charge in [-0.25, -0.2) is 4.98 Å². The Morgan fingerprint density at radius 1 is 1.50 bits per heavy atom. The fourth-order valence-electron chi connectivity index (χ4n) is 1.93. The van der Waals surface area contributed by atoms with Crippen LogP contribution in [0.25, 0.3) is 0 Å². The lowest BCUT2D eigenvalue weighted by atomic mass is 10.2. The molecule has 1 saturated carbocycles. The van der Waals surface area contributed by atoms with E-state index < -0.39 is 0 Å². The zero-order chi connectivity index (χ0) is 11.5. The summed E-state index contributed by atoms with van der Waals surface area (Å²) in [4.78, 5) is 6.80. The van der Waals surface area contributed by atoms with Crippen molar-refractivity contribution in [3.63, 3.8) is 0 Å². The Bertz CT molecular complexity index is 348. The van der Waals surface area contributed by atoms with E-state index >= 15 is 0 Å². The maximum absolute atomic E-state index is 9.13. The van der Waals surface area contributed by atoms with Crippen LogP contribution in [0.4, 0.5) is 5.82 Å². The van der Waals surface area contributed by atoms with Gasteiger partial charge in [0, 0.05) is 18.8 Å². The van der Waals surface area contributed by atoms with E-state index in [0.29, 0.717) is 12.0 Å². The maximum atomic E-state index is 9.13. The molecule has 88 valence electrons. The van der Waals surface area contributed by atoms with Crippen LogP contribution in [0.5, 0.6) is 0 Å². The Hall–Kier alpha value is -1.09. The molecular weight excluding hydrogens is 200 g/mol. The van der Waals surface area contributed by atoms with Crippen LogP contribution in [-0.4, -0.2) is 22.7 Å². The molecule has 0 aliphatic heterocycles. The molecule has 16 heavy (non-hydrogen) atoms. The zero-order valence-corrected chi connectivity index (χ0v) is 10.1. The molecule has 0 aromatic carbocycles. The van der Waals surface area contributed by atoms with Gasteiger partial charge in [-0.2, -0.15) is 0 Å². The molecular formula is C13H20N2O. The lowest BCUT2D eigenvalue weighted by Crippen LogP contribution is -2.30. The van der Waals surface area contributed by atoms with E-state index in [-0.39, 0.29) is 6.61 Å². The van der Waals surface area contributed by atoms with Gasteiger partial charge in [-0.3, -0.25) is 0 Å². The molecule has 0 spiro atoms. The molecule has 0 bridgehead atoms. The SMILES string of the molecule is CC(C)CN(c1cc(CO)ccn1)C1CC1. The van der Waals surface area contributed by atoms with Crippen LogP contribution in [0.3, 0.4) is 0 Å². The summed E-state index contributed by atoms with van der Waals surface area (Å²) >= 11 is 0. The molecule has 1 N–H and O–H groups in total. The number of nitrogens with zero attached hydrogens (tertiary/aromatic N) is 2. The molecule has 3 nitrogen and oxygen atoms in total. The largest absolute Gasteiger partial charge is 0.392 e. The van der Waals surface area contributed by atoms with Gasteiger partial charge in [0.2, 0.25) is 0 Å². The highest BCUT2D eigenvalue weighted by atomic mass is 16.3. The maximum Gasteiger partial charge on any atom is 0.129 e. The molecule has 0 atom stereocenters. The van der Waals surface area contributed by atoms with Crippen LogP contribution in [-0.2, 0) is 6.61 Å². The predicted molar refractivity (Wildman–Crippen MR) is 65.4 cm³/mol. The fraction of sp³-hybridized carbons (Fsp3) is 0.615. The number of anilines is 1. The van der Waals surface area contributed by atoms with Crippen molar-refractivity contribution in [3.8, 4) is 0 Å². The Balaban J connectivity index is 2.16. The highest BCUT2D eigenvalue weighted by Crippen LogP contribution is 2.31. The summed E-state index contributed by atoms with van der Waals surface area (Å²) in [5.74, 6) is 1.66. The van der Waals surface area contributed by atoms with E-state index in [4.69, 9.17) is 5.11 Å². The van der Waals surface area contributed by atoms with Gasteiger partial charge in [0.15, 0.2) is 0 Å². The lowest BCUT2D eigenvalue weighted by Gasteiger charge is -2.25. The first-order chi connectivity index (χ1) is 7.70. The van der Waals surface area contributed by atoms with Crippen LogP contribution in [0.2, 0.25) is 0 Å². The summed E-state index contributed by atoms with van der Waals surface area (Å²) in [5, 5.41) is 9.13. The van der Waals surface area contributed by atoms with Crippen LogP contribution in [0, 0.1) is 5.92 Å². The van der Waals surface area contributed by atoms with E-state index in [1.165, 1.54) is 12.8 Å². The minimum atomic E-state index is 0.0930. The first-order valence-corrected chi connectivity index (χ1v) is 6.03. The molecule has 0 saturated heterocycles. The second-order valence-electron chi connectivity index (χ2n) is 4.96. The Morgan fingerprint density at radius 2 is 2.25 bits per heavy atom. The monoisotopic (exact) mass is 220 g/mol. The summed E-state index contributed by atoms with van der Waals surface area (Å²) in [6.45, 7) is 5.60. The molecule has 3 heteroatoms. The van der Waals surface area contributed by atoms with Gasteiger partial charge in [-0.05, 0) is 36.5 Å². The van der Waals surface area contributed by atoms with E-state index in [2.05, 4.69) is 23.7 Å². The molecule has 1 aromatic rings. The average molecular weight is 220 g/mol. The predicted octanol–water partition coefficient (Wildman–Crippen LogP) is 2.20. The molecule has 1 aromatic heterocycles. The van der Waals surface area contributed by atoms with E-state index in [9.17, 15) is 0 Å². The van der Waals surface area contributed by atoms with Gasteiger partial charge < -0.3 is 10.0 Å². The van der Waals surface area contributed by atoms with Crippen molar-refractivity contribution >= 4 is 5.82 Å². The highest BCUT2D eigenvalue weighted by molar-refractivity contribution is 5.43. The molecule has 1 heterocycles. The third-order valence-corrected chi connectivity index (χ3v) is 2.84. The molecule has 1 aliphatic carbocycles. The second kappa shape index (κ2) is 4.83. The smallest absolute Gasteiger partial charge is 0.129 e. The van der Waals surface area contributed by atoms with Crippen molar-refractivity contribution < 1.29 is 5.11 Å². The molecule has 1 fully saturated rings. The van der Waals surface area contributed by atoms with E-state index in [1.54, 1.807) is 6.20 Å². The van der Waals surface area contributed by atoms with Gasteiger partial charge >= 0.3 is 0 Å². The average Bonchev–Trinajstić information content (AvgIpc) is 3.09. The number of aromatic nitrogens is 1. The van der Waals surface area contributed by atoms with Gasteiger partial charge in [0.05, 0.1) is 6.61 Å². The summed E-state index contributed by atoms with van der Waals surface area (Å²) in [7, 11) is 0. The van der Waals surface area contributed by atoms with Crippen molar-refractivity contribution in [2.45, 2.75) is 39.3 Å². The van der Waals surface area contributed by atoms with Gasteiger partial charge in [0.1, 0.15) is 5.82 Å². The van der Waals surface area contributed by atoms with E-state index in [1.807, 2.05) is 12.1 Å². The van der Waals surface area contributed by atoms with Crippen molar-refractivity contribution in [1.29, 1.82) is 0 Å². The first-order valence-electron chi connectivity index (χ1n) is 6.03. The minimum absolute atomic E-state index is 0.0930. The first kappa shape index (κ1) is 11.4. The number of aliphatic hydroxyl groups is 1. The van der Waals surface area contributed by atoms with Crippen LogP contribution in [0.15, 0.2) is 18.3 Å². The molecule has 1 aliphatic rings. The number of hydrogen-bond donors (Lipinski definition) is 1. The van der Waals surface area contributed by atoms with Gasteiger partial charge in [0.25, 0.3) is 0 Å². The molecule has 0 unspecified atom stereocenters. The van der Waals surface area contributed by atoms with E-state index in [0.717, 1.165) is 17.9 Å². The quantitative estimate of drug-likeness (QED) is 0.826. The Labute approximate surface area is 97.1 Å². The standard InChI is InChI=1S/C13H20N2O/c1-10(2)8-15(12-3-4-12)13-7-11(9-16)5-6-14-13/h5-7,10,12,16H,3-4,8-9H2,1-2H3. The third kappa shape index (κ3) is 2.73. The molecule has 0 amide bonds. The van der Waals surface area contributed by atoms with Crippen LogP contribution in [0.1, 0.15) is 32.3 Å². The molecule has 2 rings (SSSR count). The Morgan fingerprint density at radius 3 is 2.81 bits per heavy atom. The van der Waals surface area contributed by atoms with Gasteiger partial charge in [-0.1, -0.05) is 13.8 Å². The normalized spacial score (nSPS) is 15.5. The number of aliphatic hydroxyl groups excluding tert-OH is 1. The molecule has 0 radical (unpaired) electrons. The van der Waals surface area contributed by atoms with Crippen molar-refractivity contribution in [2.75, 3.05) is 11.4 Å². The third-order valence-electron chi connectivity index (χ3n) is 2.84. The van der Waals surface area contributed by atoms with Crippen LogP contribution >= 0.6 is 0 Å². The summed E-state index contributed by atoms with van der Waals surface area (Å²) in [5.41, 5.74) is 0.944. The zero-order valence-electron chi connectivity index (χ0n) is 10.1. The summed E-state index contributed by atoms with van der Waals surface area (Å²) < 4.78 is 0. The summed E-state index contributed by atoms with van der Waals surface area (Å²) in [6.07, 6.45) is 4.34. The highest BCUT2D eigenvalue weighted by Gasteiger charge is 2.30. The Kier molecular flexibility index (Phi) is 3.44. The topological polar surface area (TPSA) is 36.4 Å². The summed E-state index contributed by atoms with van der Waals surface area (Å²) in [6, 6.07) is 4.54. The number of rotatable bonds is 5. The number of hydrogen-bond acceptors (Lipinski definition) is 3. The fourth-order valence-corrected chi connectivity index (χ4v) is 1.93. The lowest BCUT2D eigenvalue weighted by molar-refractivity contribution is 0.281. The second-order valence-corrected chi connectivity index (χ2v) is 4.96. The van der Waals surface area contributed by atoms with Crippen molar-refractivity contribution in [1.82, 2.24) is 4.98 Å². The van der Waals surface area contributed by atoms with Crippen LogP contribution < -0.4 is 4.90 Å².